The van der Waals surface area contributed by atoms with Crippen LogP contribution in [0, 0.1) is 0 Å². The normalized spacial score (nSPS) is 16.4. The summed E-state index contributed by atoms with van der Waals surface area (Å²) in [4.78, 5) is 26.9. The van der Waals surface area contributed by atoms with E-state index < -0.39 is 52.4 Å². The number of aromatic amines is 2. The van der Waals surface area contributed by atoms with Gasteiger partial charge >= 0.3 is 18.5 Å². The van der Waals surface area contributed by atoms with E-state index in [0.717, 1.165) is 91.1 Å². The number of hydrogen-bond donors (Lipinski definition) is 6. The molecule has 0 saturated carbocycles. The number of halogens is 11. The van der Waals surface area contributed by atoms with Crippen molar-refractivity contribution in [3.8, 4) is 11.5 Å². The maximum atomic E-state index is 14.4. The van der Waals surface area contributed by atoms with E-state index in [-0.39, 0.29) is 17.6 Å². The molecule has 12 nitrogen and oxygen atoms in total. The second kappa shape index (κ2) is 30.3. The molecule has 0 aliphatic carbocycles. The Kier molecular flexibility index (Phi) is 20.2. The molecule has 0 spiro atoms. The van der Waals surface area contributed by atoms with Gasteiger partial charge in [-0.25, -0.2) is 28.8 Å². The molecular weight excluding hydrogens is 1390 g/mol. The fourth-order valence-electron chi connectivity index (χ4n) is 12.9. The first kappa shape index (κ1) is 71.5. The van der Waals surface area contributed by atoms with Crippen LogP contribution in [-0.4, -0.2) is 46.5 Å². The molecule has 10 aromatic rings. The van der Waals surface area contributed by atoms with Crippen LogP contribution in [0.25, 0.3) is 22.3 Å². The summed E-state index contributed by atoms with van der Waals surface area (Å²) in [6, 6.07) is 65.1. The highest BCUT2D eigenvalue weighted by atomic mass is 19.4. The Morgan fingerprint density at radius 1 is 0.346 bits per heavy atom. The maximum absolute atomic E-state index is 14.4. The fourth-order valence-corrected chi connectivity index (χ4v) is 12.9. The smallest absolute Gasteiger partial charge is 0.416 e. The van der Waals surface area contributed by atoms with Gasteiger partial charge in [0.1, 0.15) is 34.8 Å². The Labute approximate surface area is 607 Å². The summed E-state index contributed by atoms with van der Waals surface area (Å²) in [6.45, 7) is 1.29. The molecular formula is C84H65F11N10O2. The summed E-state index contributed by atoms with van der Waals surface area (Å²) in [5, 5.41) is 12.5. The van der Waals surface area contributed by atoms with E-state index in [0.29, 0.717) is 122 Å². The van der Waals surface area contributed by atoms with Crippen molar-refractivity contribution in [1.29, 1.82) is 0 Å². The minimum absolute atomic E-state index is 0.0454. The van der Waals surface area contributed by atoms with Gasteiger partial charge in [-0.2, -0.15) is 39.5 Å². The van der Waals surface area contributed by atoms with Gasteiger partial charge in [-0.05, 0) is 144 Å². The van der Waals surface area contributed by atoms with Gasteiger partial charge in [0, 0.05) is 112 Å². The Bertz CT molecular complexity index is 5240. The number of amidine groups is 4. The van der Waals surface area contributed by atoms with Crippen LogP contribution in [0.15, 0.2) is 298 Å². The molecule has 14 rings (SSSR count). The van der Waals surface area contributed by atoms with Crippen LogP contribution in [-0.2, 0) is 24.5 Å². The van der Waals surface area contributed by atoms with Crippen molar-refractivity contribution in [3.63, 3.8) is 0 Å². The number of benzene rings is 8. The summed E-state index contributed by atoms with van der Waals surface area (Å²) >= 11 is 0. The molecule has 6 N–H and O–H groups in total. The predicted octanol–water partition coefficient (Wildman–Crippen LogP) is 22.2. The van der Waals surface area contributed by atoms with Gasteiger partial charge in [-0.3, -0.25) is 0 Å². The van der Waals surface area contributed by atoms with Crippen LogP contribution >= 0.6 is 0 Å². The number of aliphatic imine (C=N–C) groups is 4. The molecule has 2 aromatic heterocycles. The third-order valence-electron chi connectivity index (χ3n) is 17.8. The summed E-state index contributed by atoms with van der Waals surface area (Å²) in [6.07, 6.45) is -5.40. The first-order chi connectivity index (χ1) is 51.5. The molecule has 540 valence electrons. The first-order valence-electron chi connectivity index (χ1n) is 34.2. The van der Waals surface area contributed by atoms with Crippen molar-refractivity contribution in [2.45, 2.75) is 63.5 Å². The lowest BCUT2D eigenvalue weighted by atomic mass is 9.99. The van der Waals surface area contributed by atoms with E-state index in [2.05, 4.69) is 36.2 Å². The van der Waals surface area contributed by atoms with E-state index in [4.69, 9.17) is 24.5 Å². The van der Waals surface area contributed by atoms with Crippen molar-refractivity contribution in [1.82, 2.24) is 9.97 Å². The highest BCUT2D eigenvalue weighted by molar-refractivity contribution is 6.09. The lowest BCUT2D eigenvalue weighted by Gasteiger charge is -2.17. The highest BCUT2D eigenvalue weighted by Gasteiger charge is 2.38. The molecule has 0 amide bonds. The highest BCUT2D eigenvalue weighted by Crippen LogP contribution is 2.43. The number of nitrogens with one attached hydrogen (secondary N) is 6. The van der Waals surface area contributed by atoms with Crippen LogP contribution < -0.4 is 30.7 Å². The van der Waals surface area contributed by atoms with Gasteiger partial charge in [0.15, 0.2) is 0 Å². The van der Waals surface area contributed by atoms with E-state index in [1.54, 1.807) is 6.08 Å². The number of anilines is 4. The van der Waals surface area contributed by atoms with Crippen molar-refractivity contribution in [2.24, 2.45) is 20.0 Å². The zero-order chi connectivity index (χ0) is 74.5. The summed E-state index contributed by atoms with van der Waals surface area (Å²) in [5.74, 6) is -0.514. The maximum Gasteiger partial charge on any atom is 0.416 e. The molecule has 0 unspecified atom stereocenters. The predicted molar refractivity (Wildman–Crippen MR) is 398 cm³/mol. The average Bonchev–Trinajstić information content (AvgIpc) is 1.56. The van der Waals surface area contributed by atoms with Crippen LogP contribution in [0.3, 0.4) is 0 Å². The molecule has 6 heterocycles. The molecule has 0 radical (unpaired) electrons. The zero-order valence-corrected chi connectivity index (χ0v) is 57.0. The topological polar surface area (TPSA) is 148 Å². The van der Waals surface area contributed by atoms with Crippen LogP contribution in [0.5, 0.6) is 11.5 Å². The lowest BCUT2D eigenvalue weighted by molar-refractivity contribution is -0.143. The largest absolute Gasteiger partial charge is 0.493 e. The lowest BCUT2D eigenvalue weighted by Crippen LogP contribution is -2.15. The third kappa shape index (κ3) is 17.2. The van der Waals surface area contributed by atoms with Crippen LogP contribution in [0.1, 0.15) is 106 Å². The zero-order valence-electron chi connectivity index (χ0n) is 57.0. The third-order valence-corrected chi connectivity index (χ3v) is 17.8. The van der Waals surface area contributed by atoms with Gasteiger partial charge in [0.2, 0.25) is 0 Å². The molecule has 107 heavy (non-hydrogen) atoms. The van der Waals surface area contributed by atoms with E-state index in [1.807, 2.05) is 206 Å². The Balaban J connectivity index is 0.624. The SMILES string of the molecule is CC(F)(F)c1cc(NC2=NC(=C(c3ccccc3)c3ccc(C(=C4C=CC(Nc5cccc(OCCCOc6cccc(NC7=NC(=C(c8ccccc8)c8ccc(C(=C9C=CC(Nc%10cc(C(F)(F)F)cc(C(F)(F)F)c%10)=N9)c9ccccc9)[nH]8)CC7)c6)c5)=N4)c4ccccc4)[nH]3)CC2)cc(C(F)(F)F)c1. The molecule has 0 saturated heterocycles. The van der Waals surface area contributed by atoms with Gasteiger partial charge < -0.3 is 40.7 Å². The van der Waals surface area contributed by atoms with Gasteiger partial charge in [0.25, 0.3) is 5.92 Å². The van der Waals surface area contributed by atoms with E-state index in [1.165, 1.54) is 6.08 Å². The Morgan fingerprint density at radius 3 is 1.09 bits per heavy atom. The van der Waals surface area contributed by atoms with Crippen molar-refractivity contribution >= 4 is 68.4 Å². The molecule has 4 aliphatic rings. The van der Waals surface area contributed by atoms with Gasteiger partial charge in [-0.15, -0.1) is 0 Å². The fraction of sp³-hybridized carbons (Fsp3) is 0.143. The number of H-pyrrole nitrogens is 2. The van der Waals surface area contributed by atoms with Crippen LogP contribution in [0.4, 0.5) is 71.0 Å². The number of allylic oxidation sites excluding steroid dienone is 4. The minimum Gasteiger partial charge on any atom is -0.493 e. The second-order valence-electron chi connectivity index (χ2n) is 25.6. The number of rotatable bonds is 19. The van der Waals surface area contributed by atoms with Crippen molar-refractivity contribution < 1.29 is 57.8 Å². The number of aromatic nitrogens is 2. The molecule has 0 atom stereocenters. The summed E-state index contributed by atoms with van der Waals surface area (Å²) < 4.78 is 166. The van der Waals surface area contributed by atoms with E-state index >= 15 is 0 Å². The quantitative estimate of drug-likeness (QED) is 0.0351. The Morgan fingerprint density at radius 2 is 0.692 bits per heavy atom. The van der Waals surface area contributed by atoms with Crippen molar-refractivity contribution in [3.05, 3.63) is 345 Å². The van der Waals surface area contributed by atoms with E-state index in [9.17, 15) is 48.3 Å². The molecule has 4 aliphatic heterocycles. The minimum atomic E-state index is -5.02. The van der Waals surface area contributed by atoms with Crippen molar-refractivity contribution in [2.75, 3.05) is 34.5 Å². The summed E-state index contributed by atoms with van der Waals surface area (Å²) in [7, 11) is 0. The average molecular weight is 1460 g/mol. The summed E-state index contributed by atoms with van der Waals surface area (Å²) in [5.41, 5.74) is 8.01. The number of alkyl halides is 11. The molecule has 23 heteroatoms. The van der Waals surface area contributed by atoms with Gasteiger partial charge in [0.05, 0.1) is 52.7 Å². The second-order valence-corrected chi connectivity index (χ2v) is 25.6. The molecule has 0 fully saturated rings. The number of ether oxygens (including phenoxy) is 2. The van der Waals surface area contributed by atoms with Crippen LogP contribution in [0.2, 0.25) is 0 Å². The Hall–Kier alpha value is -12.5. The first-order valence-corrected chi connectivity index (χ1v) is 34.2. The monoisotopic (exact) mass is 1450 g/mol. The molecule has 8 aromatic carbocycles. The number of nitrogens with zero attached hydrogens (tertiary/aromatic N) is 4. The number of hydrogen-bond acceptors (Lipinski definition) is 10. The van der Waals surface area contributed by atoms with Gasteiger partial charge in [-0.1, -0.05) is 133 Å². The standard InChI is InChI=1S/C84H65F11N10O2/c1-81(85,86)55-43-56(82(87,88)89)46-61(45-55)98-75-39-35-71(104-75)79(53-21-10-4-11-22-53)67-31-29-65(100-67)77(51-17-6-2-7-18-51)69-33-37-73(102-69)96-59-25-14-27-63(49-59)106-41-16-42-107-64-28-15-26-60(50-64)97-74-38-34-70(103-74)78(52-19-8-3-9-20-52)66-30-32-68(101-66)80(54-23-12-5-13-24-54)72-36-40-76(105-72)99-62-47-57(83(90,91)92)44-58(48-62)84(93,94)95/h2-15,17-33,36-37,40,43-50,100-101H,16,34-35,38-39,41-42H2,1H3,(H,96,102)(H,97,103)(H,98,104)(H,99,105). The molecule has 0 bridgehead atoms.